The highest BCUT2D eigenvalue weighted by molar-refractivity contribution is 6.12. The molecule has 21 heavy (non-hydrogen) atoms. The summed E-state index contributed by atoms with van der Waals surface area (Å²) in [5, 5.41) is 13.2. The van der Waals surface area contributed by atoms with Crippen LogP contribution in [-0.2, 0) is 0 Å². The van der Waals surface area contributed by atoms with Crippen LogP contribution < -0.4 is 5.32 Å². The predicted octanol–water partition coefficient (Wildman–Crippen LogP) is 3.50. The van der Waals surface area contributed by atoms with Crippen molar-refractivity contribution >= 4 is 22.5 Å². The first-order valence-corrected chi connectivity index (χ1v) is 6.60. The van der Waals surface area contributed by atoms with Crippen molar-refractivity contribution in [2.75, 3.05) is 5.32 Å². The summed E-state index contributed by atoms with van der Waals surface area (Å²) >= 11 is 0. The number of carbonyl (C=O) groups excluding carboxylic acids is 1. The Morgan fingerprint density at radius 3 is 2.81 bits per heavy atom. The molecule has 1 aromatic heterocycles. The number of anilines is 1. The van der Waals surface area contributed by atoms with Gasteiger partial charge in [-0.15, -0.1) is 0 Å². The van der Waals surface area contributed by atoms with Crippen LogP contribution in [0.5, 0.6) is 5.75 Å². The fraction of sp³-hybridized carbons (Fsp3) is 0.0588. The SMILES string of the molecule is Cc1cc(NC(=O)c2cccc3ncccc23)ccc1O. The molecule has 3 rings (SSSR count). The molecule has 0 spiro atoms. The first-order valence-electron chi connectivity index (χ1n) is 6.60. The number of aromatic hydroxyl groups is 1. The summed E-state index contributed by atoms with van der Waals surface area (Å²) in [4.78, 5) is 16.7. The van der Waals surface area contributed by atoms with Crippen molar-refractivity contribution in [1.82, 2.24) is 4.98 Å². The van der Waals surface area contributed by atoms with E-state index in [9.17, 15) is 9.90 Å². The summed E-state index contributed by atoms with van der Waals surface area (Å²) in [6, 6.07) is 14.1. The fourth-order valence-electron chi connectivity index (χ4n) is 2.23. The van der Waals surface area contributed by atoms with Gasteiger partial charge in [0.25, 0.3) is 5.91 Å². The number of amides is 1. The number of hydrogen-bond acceptors (Lipinski definition) is 3. The van der Waals surface area contributed by atoms with Crippen molar-refractivity contribution < 1.29 is 9.90 Å². The maximum absolute atomic E-state index is 12.4. The Hall–Kier alpha value is -2.88. The van der Waals surface area contributed by atoms with E-state index in [1.54, 1.807) is 37.4 Å². The zero-order valence-corrected chi connectivity index (χ0v) is 11.5. The summed E-state index contributed by atoms with van der Waals surface area (Å²) in [6.07, 6.45) is 1.70. The van der Waals surface area contributed by atoms with Gasteiger partial charge in [0.15, 0.2) is 0 Å². The number of aromatic nitrogens is 1. The van der Waals surface area contributed by atoms with E-state index in [4.69, 9.17) is 0 Å². The van der Waals surface area contributed by atoms with E-state index in [1.807, 2.05) is 24.3 Å². The van der Waals surface area contributed by atoms with Crippen LogP contribution in [-0.4, -0.2) is 16.0 Å². The topological polar surface area (TPSA) is 62.2 Å². The van der Waals surface area contributed by atoms with Gasteiger partial charge in [-0.2, -0.15) is 0 Å². The number of aryl methyl sites for hydroxylation is 1. The van der Waals surface area contributed by atoms with Crippen molar-refractivity contribution in [2.45, 2.75) is 6.92 Å². The van der Waals surface area contributed by atoms with Gasteiger partial charge in [0, 0.05) is 22.8 Å². The molecule has 3 aromatic rings. The van der Waals surface area contributed by atoms with Crippen LogP contribution in [0.4, 0.5) is 5.69 Å². The Balaban J connectivity index is 1.95. The Kier molecular flexibility index (Phi) is 3.28. The minimum atomic E-state index is -0.196. The molecular formula is C17H14N2O2. The monoisotopic (exact) mass is 278 g/mol. The number of nitrogens with one attached hydrogen (secondary N) is 1. The molecule has 0 aliphatic rings. The van der Waals surface area contributed by atoms with Gasteiger partial charge in [0.2, 0.25) is 0 Å². The van der Waals surface area contributed by atoms with Crippen LogP contribution in [0, 0.1) is 6.92 Å². The second-order valence-corrected chi connectivity index (χ2v) is 4.83. The third-order valence-electron chi connectivity index (χ3n) is 3.34. The molecule has 0 saturated heterocycles. The van der Waals surface area contributed by atoms with E-state index in [-0.39, 0.29) is 11.7 Å². The van der Waals surface area contributed by atoms with Crippen LogP contribution in [0.15, 0.2) is 54.7 Å². The lowest BCUT2D eigenvalue weighted by Crippen LogP contribution is -2.12. The highest BCUT2D eigenvalue weighted by Crippen LogP contribution is 2.22. The van der Waals surface area contributed by atoms with Crippen molar-refractivity contribution in [3.63, 3.8) is 0 Å². The number of rotatable bonds is 2. The van der Waals surface area contributed by atoms with Crippen molar-refractivity contribution in [1.29, 1.82) is 0 Å². The third kappa shape index (κ3) is 2.56. The molecule has 1 heterocycles. The summed E-state index contributed by atoms with van der Waals surface area (Å²) in [6.45, 7) is 1.78. The quantitative estimate of drug-likeness (QED) is 0.705. The Labute approximate surface area is 122 Å². The fourth-order valence-corrected chi connectivity index (χ4v) is 2.23. The average Bonchev–Trinajstić information content (AvgIpc) is 2.50. The van der Waals surface area contributed by atoms with Crippen LogP contribution in [0.1, 0.15) is 15.9 Å². The number of phenols is 1. The molecule has 0 aliphatic heterocycles. The van der Waals surface area contributed by atoms with E-state index in [0.717, 1.165) is 10.9 Å². The number of phenolic OH excluding ortho intramolecular Hbond substituents is 1. The molecule has 0 aliphatic carbocycles. The molecule has 0 fully saturated rings. The minimum Gasteiger partial charge on any atom is -0.508 e. The van der Waals surface area contributed by atoms with Gasteiger partial charge in [-0.25, -0.2) is 0 Å². The molecule has 1 amide bonds. The highest BCUT2D eigenvalue weighted by Gasteiger charge is 2.10. The van der Waals surface area contributed by atoms with E-state index < -0.39 is 0 Å². The maximum Gasteiger partial charge on any atom is 0.256 e. The van der Waals surface area contributed by atoms with Gasteiger partial charge in [0.1, 0.15) is 5.75 Å². The van der Waals surface area contributed by atoms with Crippen LogP contribution in [0.25, 0.3) is 10.9 Å². The average molecular weight is 278 g/mol. The molecule has 4 nitrogen and oxygen atoms in total. The second-order valence-electron chi connectivity index (χ2n) is 4.83. The van der Waals surface area contributed by atoms with Crippen LogP contribution >= 0.6 is 0 Å². The standard InChI is InChI=1S/C17H14N2O2/c1-11-10-12(7-8-16(11)20)19-17(21)14-4-2-6-15-13(14)5-3-9-18-15/h2-10,20H,1H3,(H,19,21). The second kappa shape index (κ2) is 5.25. The maximum atomic E-state index is 12.4. The normalized spacial score (nSPS) is 10.5. The van der Waals surface area contributed by atoms with Gasteiger partial charge in [0.05, 0.1) is 5.52 Å². The van der Waals surface area contributed by atoms with E-state index in [2.05, 4.69) is 10.3 Å². The molecule has 0 atom stereocenters. The van der Waals surface area contributed by atoms with Gasteiger partial charge in [-0.3, -0.25) is 9.78 Å². The van der Waals surface area contributed by atoms with Gasteiger partial charge in [-0.05, 0) is 48.9 Å². The van der Waals surface area contributed by atoms with Gasteiger partial charge in [-0.1, -0.05) is 12.1 Å². The Morgan fingerprint density at radius 1 is 1.14 bits per heavy atom. The number of carbonyl (C=O) groups is 1. The number of fused-ring (bicyclic) bond motifs is 1. The van der Waals surface area contributed by atoms with Crippen LogP contribution in [0.2, 0.25) is 0 Å². The lowest BCUT2D eigenvalue weighted by Gasteiger charge is -2.09. The lowest BCUT2D eigenvalue weighted by molar-refractivity contribution is 0.102. The number of nitrogens with zero attached hydrogens (tertiary/aromatic N) is 1. The predicted molar refractivity (Wildman–Crippen MR) is 82.5 cm³/mol. The summed E-state index contributed by atoms with van der Waals surface area (Å²) in [5.74, 6) is 0.0149. The largest absolute Gasteiger partial charge is 0.508 e. The summed E-state index contributed by atoms with van der Waals surface area (Å²) < 4.78 is 0. The summed E-state index contributed by atoms with van der Waals surface area (Å²) in [5.41, 5.74) is 2.72. The molecule has 0 unspecified atom stereocenters. The highest BCUT2D eigenvalue weighted by atomic mass is 16.3. The van der Waals surface area contributed by atoms with E-state index >= 15 is 0 Å². The number of benzene rings is 2. The molecule has 0 bridgehead atoms. The molecule has 104 valence electrons. The summed E-state index contributed by atoms with van der Waals surface area (Å²) in [7, 11) is 0. The van der Waals surface area contributed by atoms with E-state index in [1.165, 1.54) is 0 Å². The molecule has 2 N–H and O–H groups in total. The number of hydrogen-bond donors (Lipinski definition) is 2. The molecule has 2 aromatic carbocycles. The Bertz CT molecular complexity index is 823. The molecular weight excluding hydrogens is 264 g/mol. The molecule has 0 radical (unpaired) electrons. The zero-order chi connectivity index (χ0) is 14.8. The van der Waals surface area contributed by atoms with Crippen molar-refractivity contribution in [3.8, 4) is 5.75 Å². The first kappa shape index (κ1) is 13.1. The van der Waals surface area contributed by atoms with Gasteiger partial charge < -0.3 is 10.4 Å². The smallest absolute Gasteiger partial charge is 0.256 e. The number of pyridine rings is 1. The molecule has 4 heteroatoms. The molecule has 0 saturated carbocycles. The van der Waals surface area contributed by atoms with Crippen molar-refractivity contribution in [3.05, 3.63) is 65.9 Å². The lowest BCUT2D eigenvalue weighted by atomic mass is 10.1. The minimum absolute atomic E-state index is 0.196. The van der Waals surface area contributed by atoms with Crippen molar-refractivity contribution in [2.24, 2.45) is 0 Å². The zero-order valence-electron chi connectivity index (χ0n) is 11.5. The van der Waals surface area contributed by atoms with Crippen LogP contribution in [0.3, 0.4) is 0 Å². The van der Waals surface area contributed by atoms with Gasteiger partial charge >= 0.3 is 0 Å². The van der Waals surface area contributed by atoms with E-state index in [0.29, 0.717) is 16.8 Å². The third-order valence-corrected chi connectivity index (χ3v) is 3.34. The first-order chi connectivity index (χ1) is 10.1. The Morgan fingerprint density at radius 2 is 2.00 bits per heavy atom.